The minimum atomic E-state index is 0.601. The van der Waals surface area contributed by atoms with Crippen molar-refractivity contribution in [3.63, 3.8) is 0 Å². The van der Waals surface area contributed by atoms with Gasteiger partial charge in [0.2, 0.25) is 5.95 Å². The fraction of sp³-hybridized carbons (Fsp3) is 0.438. The van der Waals surface area contributed by atoms with Gasteiger partial charge in [0.25, 0.3) is 0 Å². The van der Waals surface area contributed by atoms with Crippen molar-refractivity contribution < 1.29 is 0 Å². The molecule has 3 heteroatoms. The third-order valence-corrected chi connectivity index (χ3v) is 3.81. The molecule has 1 fully saturated rings. The molecule has 3 nitrogen and oxygen atoms in total. The first-order chi connectivity index (χ1) is 9.40. The molecular weight excluding hydrogens is 234 g/mol. The van der Waals surface area contributed by atoms with E-state index >= 15 is 0 Å². The van der Waals surface area contributed by atoms with Crippen molar-refractivity contribution in [2.75, 3.05) is 5.32 Å². The molecule has 1 heterocycles. The smallest absolute Gasteiger partial charge is 0.200 e. The number of nitrogens with one attached hydrogen (secondary N) is 2. The van der Waals surface area contributed by atoms with E-state index in [1.807, 2.05) is 12.3 Å². The van der Waals surface area contributed by atoms with Crippen molar-refractivity contribution in [2.45, 2.75) is 44.6 Å². The summed E-state index contributed by atoms with van der Waals surface area (Å²) in [5, 5.41) is 3.52. The molecule has 1 aliphatic rings. The largest absolute Gasteiger partial charge is 0.353 e. The quantitative estimate of drug-likeness (QED) is 0.873. The Kier molecular flexibility index (Phi) is 3.82. The fourth-order valence-corrected chi connectivity index (χ4v) is 2.78. The van der Waals surface area contributed by atoms with Gasteiger partial charge in [-0.3, -0.25) is 0 Å². The van der Waals surface area contributed by atoms with Gasteiger partial charge in [-0.15, -0.1) is 0 Å². The summed E-state index contributed by atoms with van der Waals surface area (Å²) in [6.45, 7) is 0. The van der Waals surface area contributed by atoms with Crippen LogP contribution in [0, 0.1) is 0 Å². The van der Waals surface area contributed by atoms with Crippen LogP contribution in [0.4, 0.5) is 5.95 Å². The highest BCUT2D eigenvalue weighted by molar-refractivity contribution is 5.30. The maximum atomic E-state index is 4.44. The predicted octanol–water partition coefficient (Wildman–Crippen LogP) is 3.75. The number of anilines is 1. The fourth-order valence-electron chi connectivity index (χ4n) is 2.78. The number of H-pyrrole nitrogens is 1. The van der Waals surface area contributed by atoms with Gasteiger partial charge in [-0.1, -0.05) is 49.6 Å². The van der Waals surface area contributed by atoms with Crippen molar-refractivity contribution in [3.8, 4) is 0 Å². The van der Waals surface area contributed by atoms with Crippen molar-refractivity contribution in [1.82, 2.24) is 9.97 Å². The highest BCUT2D eigenvalue weighted by Crippen LogP contribution is 2.20. The lowest BCUT2D eigenvalue weighted by Gasteiger charge is -2.22. The summed E-state index contributed by atoms with van der Waals surface area (Å²) in [6, 6.07) is 11.1. The maximum Gasteiger partial charge on any atom is 0.200 e. The molecule has 1 aromatic heterocycles. The topological polar surface area (TPSA) is 40.7 Å². The molecule has 0 aliphatic heterocycles. The number of nitrogens with zero attached hydrogens (tertiary/aromatic N) is 1. The summed E-state index contributed by atoms with van der Waals surface area (Å²) in [4.78, 5) is 7.83. The highest BCUT2D eigenvalue weighted by atomic mass is 15.1. The molecule has 0 amide bonds. The van der Waals surface area contributed by atoms with Crippen LogP contribution in [-0.2, 0) is 6.42 Å². The number of hydrogen-bond acceptors (Lipinski definition) is 2. The lowest BCUT2D eigenvalue weighted by molar-refractivity contribution is 0.461. The van der Waals surface area contributed by atoms with Gasteiger partial charge in [-0.05, 0) is 18.4 Å². The Labute approximate surface area is 114 Å². The standard InChI is InChI=1S/C16H21N3/c1-3-7-13(8-4-1)11-15-12-17-16(19-15)18-14-9-5-2-6-10-14/h1,3-4,7-8,12,14H,2,5-6,9-11H2,(H2,17,18,19). The van der Waals surface area contributed by atoms with Crippen LogP contribution in [0.15, 0.2) is 36.5 Å². The van der Waals surface area contributed by atoms with Crippen molar-refractivity contribution in [2.24, 2.45) is 0 Å². The Hall–Kier alpha value is -1.77. The predicted molar refractivity (Wildman–Crippen MR) is 78.3 cm³/mol. The molecule has 1 saturated carbocycles. The van der Waals surface area contributed by atoms with Crippen LogP contribution < -0.4 is 5.32 Å². The van der Waals surface area contributed by atoms with Crippen LogP contribution in [0.5, 0.6) is 0 Å². The highest BCUT2D eigenvalue weighted by Gasteiger charge is 2.14. The third-order valence-electron chi connectivity index (χ3n) is 3.81. The average molecular weight is 255 g/mol. The molecule has 1 aliphatic carbocycles. The Morgan fingerprint density at radius 2 is 1.89 bits per heavy atom. The zero-order valence-electron chi connectivity index (χ0n) is 11.2. The van der Waals surface area contributed by atoms with Crippen LogP contribution in [0.2, 0.25) is 0 Å². The van der Waals surface area contributed by atoms with Gasteiger partial charge in [0.05, 0.1) is 6.20 Å². The minimum Gasteiger partial charge on any atom is -0.353 e. The molecule has 2 aromatic rings. The molecule has 2 N–H and O–H groups in total. The van der Waals surface area contributed by atoms with Crippen molar-refractivity contribution in [3.05, 3.63) is 47.8 Å². The van der Waals surface area contributed by atoms with E-state index in [9.17, 15) is 0 Å². The molecular formula is C16H21N3. The van der Waals surface area contributed by atoms with E-state index in [1.54, 1.807) is 0 Å². The van der Waals surface area contributed by atoms with E-state index in [1.165, 1.54) is 43.4 Å². The molecule has 1 aromatic carbocycles. The zero-order chi connectivity index (χ0) is 12.9. The van der Waals surface area contributed by atoms with Crippen LogP contribution in [0.1, 0.15) is 43.4 Å². The lowest BCUT2D eigenvalue weighted by atomic mass is 9.96. The van der Waals surface area contributed by atoms with Gasteiger partial charge < -0.3 is 10.3 Å². The van der Waals surface area contributed by atoms with Gasteiger partial charge in [-0.2, -0.15) is 0 Å². The van der Waals surface area contributed by atoms with Crippen molar-refractivity contribution in [1.29, 1.82) is 0 Å². The van der Waals surface area contributed by atoms with Crippen molar-refractivity contribution >= 4 is 5.95 Å². The van der Waals surface area contributed by atoms with E-state index in [0.717, 1.165) is 12.4 Å². The summed E-state index contributed by atoms with van der Waals surface area (Å²) in [6.07, 6.45) is 9.47. The summed E-state index contributed by atoms with van der Waals surface area (Å²) in [5.41, 5.74) is 2.49. The number of benzene rings is 1. The number of aromatic nitrogens is 2. The molecule has 3 rings (SSSR count). The molecule has 0 atom stereocenters. The second kappa shape index (κ2) is 5.91. The van der Waals surface area contributed by atoms with Crippen LogP contribution in [0.3, 0.4) is 0 Å². The molecule has 0 spiro atoms. The molecule has 0 unspecified atom stereocenters. The van der Waals surface area contributed by atoms with Gasteiger partial charge in [0.15, 0.2) is 0 Å². The zero-order valence-corrected chi connectivity index (χ0v) is 11.2. The second-order valence-corrected chi connectivity index (χ2v) is 5.40. The Morgan fingerprint density at radius 3 is 2.68 bits per heavy atom. The van der Waals surface area contributed by atoms with Gasteiger partial charge >= 0.3 is 0 Å². The monoisotopic (exact) mass is 255 g/mol. The van der Waals surface area contributed by atoms with Gasteiger partial charge in [-0.25, -0.2) is 4.98 Å². The third kappa shape index (κ3) is 3.37. The number of rotatable bonds is 4. The van der Waals surface area contributed by atoms with Crippen LogP contribution in [-0.4, -0.2) is 16.0 Å². The Bertz CT molecular complexity index is 498. The van der Waals surface area contributed by atoms with E-state index in [0.29, 0.717) is 6.04 Å². The number of imidazole rings is 1. The summed E-state index contributed by atoms with van der Waals surface area (Å²) in [7, 11) is 0. The molecule has 0 saturated heterocycles. The summed E-state index contributed by atoms with van der Waals surface area (Å²) < 4.78 is 0. The van der Waals surface area contributed by atoms with Crippen LogP contribution in [0.25, 0.3) is 0 Å². The van der Waals surface area contributed by atoms with E-state index in [2.05, 4.69) is 39.6 Å². The maximum absolute atomic E-state index is 4.44. The molecule has 0 radical (unpaired) electrons. The molecule has 100 valence electrons. The summed E-state index contributed by atoms with van der Waals surface area (Å²) >= 11 is 0. The number of hydrogen-bond donors (Lipinski definition) is 2. The van der Waals surface area contributed by atoms with Crippen LogP contribution >= 0.6 is 0 Å². The first-order valence-corrected chi connectivity index (χ1v) is 7.24. The first kappa shape index (κ1) is 12.3. The Balaban J connectivity index is 1.59. The lowest BCUT2D eigenvalue weighted by Crippen LogP contribution is -2.22. The van der Waals surface area contributed by atoms with E-state index < -0.39 is 0 Å². The van der Waals surface area contributed by atoms with Gasteiger partial charge in [0, 0.05) is 18.2 Å². The number of aromatic amines is 1. The second-order valence-electron chi connectivity index (χ2n) is 5.40. The summed E-state index contributed by atoms with van der Waals surface area (Å²) in [5.74, 6) is 0.929. The minimum absolute atomic E-state index is 0.601. The first-order valence-electron chi connectivity index (χ1n) is 7.24. The van der Waals surface area contributed by atoms with E-state index in [-0.39, 0.29) is 0 Å². The molecule has 19 heavy (non-hydrogen) atoms. The van der Waals surface area contributed by atoms with Gasteiger partial charge in [0.1, 0.15) is 0 Å². The Morgan fingerprint density at radius 1 is 1.11 bits per heavy atom. The van der Waals surface area contributed by atoms with E-state index in [4.69, 9.17) is 0 Å². The normalized spacial score (nSPS) is 16.4. The SMILES string of the molecule is c1ccc(Cc2cnc(NC3CCCCC3)[nH]2)cc1. The average Bonchev–Trinajstić information content (AvgIpc) is 2.88. The molecule has 0 bridgehead atoms.